The molecule has 1 aromatic heterocycles. The number of carbonyl (C=O) groups excluding carboxylic acids is 2. The standard InChI is InChI=1S/C23H33N5O3/c1-15-25-10-11-27(15)17-8-6-16(7-9-17)13-26-21(30)19-12-18(29)14-28(19)22(31)20(24-5)23(2,3)4/h6-11,18-20,24,29H,12-14H2,1-5H3,(H,26,30)/t18-,19+,20?/m1/s1. The zero-order chi connectivity index (χ0) is 22.8. The molecule has 3 rings (SSSR count). The number of hydrogen-bond donors (Lipinski definition) is 3. The Labute approximate surface area is 183 Å². The van der Waals surface area contributed by atoms with E-state index in [2.05, 4.69) is 15.6 Å². The molecule has 8 heteroatoms. The first kappa shape index (κ1) is 23.0. The van der Waals surface area contributed by atoms with Crippen LogP contribution in [0.3, 0.4) is 0 Å². The number of aliphatic hydroxyl groups excluding tert-OH is 1. The largest absolute Gasteiger partial charge is 0.391 e. The van der Waals surface area contributed by atoms with Crippen molar-refractivity contribution in [3.8, 4) is 5.69 Å². The van der Waals surface area contributed by atoms with Crippen LogP contribution in [0.25, 0.3) is 5.69 Å². The molecule has 1 saturated heterocycles. The predicted molar refractivity (Wildman–Crippen MR) is 119 cm³/mol. The maximum absolute atomic E-state index is 13.1. The van der Waals surface area contributed by atoms with Gasteiger partial charge in [0.2, 0.25) is 11.8 Å². The van der Waals surface area contributed by atoms with E-state index >= 15 is 0 Å². The lowest BCUT2D eigenvalue weighted by atomic mass is 9.86. The fourth-order valence-corrected chi connectivity index (χ4v) is 4.13. The SMILES string of the molecule is CNC(C(=O)N1C[C@H](O)C[C@H]1C(=O)NCc1ccc(-n2ccnc2C)cc1)C(C)(C)C. The van der Waals surface area contributed by atoms with Gasteiger partial charge in [0.25, 0.3) is 0 Å². The van der Waals surface area contributed by atoms with E-state index in [1.54, 1.807) is 13.2 Å². The number of likely N-dealkylation sites (N-methyl/N-ethyl adjacent to an activating group) is 1. The highest BCUT2D eigenvalue weighted by Crippen LogP contribution is 2.26. The van der Waals surface area contributed by atoms with Gasteiger partial charge in [-0.05, 0) is 37.1 Å². The summed E-state index contributed by atoms with van der Waals surface area (Å²) in [5, 5.41) is 16.1. The Bertz CT molecular complexity index is 916. The van der Waals surface area contributed by atoms with Crippen molar-refractivity contribution in [3.63, 3.8) is 0 Å². The van der Waals surface area contributed by atoms with Crippen molar-refractivity contribution in [1.82, 2.24) is 25.1 Å². The van der Waals surface area contributed by atoms with E-state index < -0.39 is 18.2 Å². The van der Waals surface area contributed by atoms with Crippen LogP contribution in [0.2, 0.25) is 0 Å². The summed E-state index contributed by atoms with van der Waals surface area (Å²) in [5.41, 5.74) is 1.64. The topological polar surface area (TPSA) is 99.5 Å². The first-order chi connectivity index (χ1) is 14.6. The van der Waals surface area contributed by atoms with Crippen LogP contribution >= 0.6 is 0 Å². The summed E-state index contributed by atoms with van der Waals surface area (Å²) in [6.45, 7) is 8.39. The number of aromatic nitrogens is 2. The molecule has 1 aromatic carbocycles. The van der Waals surface area contributed by atoms with E-state index in [9.17, 15) is 14.7 Å². The summed E-state index contributed by atoms with van der Waals surface area (Å²) in [6.07, 6.45) is 3.20. The first-order valence-electron chi connectivity index (χ1n) is 10.6. The van der Waals surface area contributed by atoms with Crippen LogP contribution in [0.4, 0.5) is 0 Å². The summed E-state index contributed by atoms with van der Waals surface area (Å²) in [5.74, 6) is 0.496. The van der Waals surface area contributed by atoms with Gasteiger partial charge in [-0.25, -0.2) is 4.98 Å². The lowest BCUT2D eigenvalue weighted by Crippen LogP contribution is -2.55. The average Bonchev–Trinajstić information content (AvgIpc) is 3.31. The van der Waals surface area contributed by atoms with Gasteiger partial charge in [-0.1, -0.05) is 32.9 Å². The van der Waals surface area contributed by atoms with Crippen LogP contribution in [0.5, 0.6) is 0 Å². The molecule has 8 nitrogen and oxygen atoms in total. The molecule has 168 valence electrons. The van der Waals surface area contributed by atoms with E-state index in [0.29, 0.717) is 6.54 Å². The van der Waals surface area contributed by atoms with Crippen molar-refractivity contribution in [2.24, 2.45) is 5.41 Å². The Hall–Kier alpha value is -2.71. The van der Waals surface area contributed by atoms with E-state index in [1.165, 1.54) is 4.90 Å². The molecule has 2 aromatic rings. The minimum atomic E-state index is -0.699. The lowest BCUT2D eigenvalue weighted by Gasteiger charge is -2.34. The second-order valence-electron chi connectivity index (χ2n) is 9.21. The van der Waals surface area contributed by atoms with E-state index in [4.69, 9.17) is 0 Å². The summed E-state index contributed by atoms with van der Waals surface area (Å²) < 4.78 is 1.99. The average molecular weight is 428 g/mol. The molecule has 0 saturated carbocycles. The minimum Gasteiger partial charge on any atom is -0.391 e. The second kappa shape index (κ2) is 9.20. The third kappa shape index (κ3) is 5.14. The number of nitrogens with one attached hydrogen (secondary N) is 2. The Morgan fingerprint density at radius 3 is 2.48 bits per heavy atom. The number of hydrogen-bond acceptors (Lipinski definition) is 5. The van der Waals surface area contributed by atoms with Gasteiger partial charge in [-0.3, -0.25) is 9.59 Å². The van der Waals surface area contributed by atoms with Crippen LogP contribution in [0.15, 0.2) is 36.7 Å². The van der Waals surface area contributed by atoms with Crippen molar-refractivity contribution in [2.75, 3.05) is 13.6 Å². The van der Waals surface area contributed by atoms with Crippen molar-refractivity contribution >= 4 is 11.8 Å². The molecular weight excluding hydrogens is 394 g/mol. The van der Waals surface area contributed by atoms with Gasteiger partial charge in [-0.2, -0.15) is 0 Å². The molecule has 1 fully saturated rings. The number of nitrogens with zero attached hydrogens (tertiary/aromatic N) is 3. The number of carbonyl (C=O) groups is 2. The quantitative estimate of drug-likeness (QED) is 0.647. The monoisotopic (exact) mass is 427 g/mol. The Morgan fingerprint density at radius 1 is 1.26 bits per heavy atom. The van der Waals surface area contributed by atoms with Crippen LogP contribution in [0.1, 0.15) is 38.6 Å². The second-order valence-corrected chi connectivity index (χ2v) is 9.21. The predicted octanol–water partition coefficient (Wildman–Crippen LogP) is 1.39. The molecule has 0 aliphatic carbocycles. The number of rotatable bonds is 6. The number of likely N-dealkylation sites (tertiary alicyclic amines) is 1. The van der Waals surface area contributed by atoms with E-state index in [-0.39, 0.29) is 30.2 Å². The van der Waals surface area contributed by atoms with Gasteiger partial charge >= 0.3 is 0 Å². The van der Waals surface area contributed by atoms with Gasteiger partial charge in [0, 0.05) is 37.6 Å². The summed E-state index contributed by atoms with van der Waals surface area (Å²) in [4.78, 5) is 31.7. The number of benzene rings is 1. The molecule has 3 atom stereocenters. The van der Waals surface area contributed by atoms with Crippen LogP contribution < -0.4 is 10.6 Å². The number of β-amino-alcohol motifs (C(OH)–C–C–N with tert-alkyl or cyclic N) is 1. The Balaban J connectivity index is 1.65. The molecule has 2 heterocycles. The van der Waals surface area contributed by atoms with Gasteiger partial charge in [0.15, 0.2) is 0 Å². The van der Waals surface area contributed by atoms with Crippen LogP contribution in [-0.4, -0.2) is 63.2 Å². The van der Waals surface area contributed by atoms with Gasteiger partial charge < -0.3 is 25.2 Å². The maximum atomic E-state index is 13.1. The molecule has 2 amide bonds. The minimum absolute atomic E-state index is 0.160. The maximum Gasteiger partial charge on any atom is 0.243 e. The Morgan fingerprint density at radius 2 is 1.94 bits per heavy atom. The molecule has 3 N–H and O–H groups in total. The molecular formula is C23H33N5O3. The highest BCUT2D eigenvalue weighted by Gasteiger charge is 2.43. The summed E-state index contributed by atoms with van der Waals surface area (Å²) in [6, 6.07) is 6.76. The third-order valence-corrected chi connectivity index (χ3v) is 5.77. The van der Waals surface area contributed by atoms with E-state index in [1.807, 2.05) is 62.7 Å². The van der Waals surface area contributed by atoms with Crippen LogP contribution in [-0.2, 0) is 16.1 Å². The zero-order valence-corrected chi connectivity index (χ0v) is 18.9. The molecule has 0 spiro atoms. The molecule has 0 bridgehead atoms. The molecule has 1 aliphatic heterocycles. The number of imidazole rings is 1. The van der Waals surface area contributed by atoms with Crippen molar-refractivity contribution in [3.05, 3.63) is 48.0 Å². The highest BCUT2D eigenvalue weighted by molar-refractivity contribution is 5.91. The number of aliphatic hydroxyl groups is 1. The summed E-state index contributed by atoms with van der Waals surface area (Å²) >= 11 is 0. The lowest BCUT2D eigenvalue weighted by molar-refractivity contribution is -0.142. The zero-order valence-electron chi connectivity index (χ0n) is 18.9. The summed E-state index contributed by atoms with van der Waals surface area (Å²) in [7, 11) is 1.74. The fourth-order valence-electron chi connectivity index (χ4n) is 4.13. The van der Waals surface area contributed by atoms with E-state index in [0.717, 1.165) is 17.1 Å². The van der Waals surface area contributed by atoms with Gasteiger partial charge in [0.05, 0.1) is 12.1 Å². The fraction of sp³-hybridized carbons (Fsp3) is 0.522. The molecule has 1 aliphatic rings. The first-order valence-corrected chi connectivity index (χ1v) is 10.6. The van der Waals surface area contributed by atoms with Gasteiger partial charge in [-0.15, -0.1) is 0 Å². The van der Waals surface area contributed by atoms with Crippen molar-refractivity contribution in [1.29, 1.82) is 0 Å². The third-order valence-electron chi connectivity index (χ3n) is 5.77. The highest BCUT2D eigenvalue weighted by atomic mass is 16.3. The molecule has 1 unspecified atom stereocenters. The van der Waals surface area contributed by atoms with Crippen molar-refractivity contribution in [2.45, 2.75) is 58.8 Å². The van der Waals surface area contributed by atoms with Gasteiger partial charge in [0.1, 0.15) is 11.9 Å². The molecule has 0 radical (unpaired) electrons. The van der Waals surface area contributed by atoms with Crippen LogP contribution in [0, 0.1) is 12.3 Å². The van der Waals surface area contributed by atoms with Crippen molar-refractivity contribution < 1.29 is 14.7 Å². The Kier molecular flexibility index (Phi) is 6.81. The smallest absolute Gasteiger partial charge is 0.243 e. The number of amides is 2. The molecule has 31 heavy (non-hydrogen) atoms. The number of aryl methyl sites for hydroxylation is 1. The normalized spacial score (nSPS) is 20.0.